The van der Waals surface area contributed by atoms with Crippen LogP contribution in [-0.2, 0) is 0 Å². The number of benzene rings is 2. The number of hydrogen-bond acceptors (Lipinski definition) is 2. The predicted molar refractivity (Wildman–Crippen MR) is 118 cm³/mol. The second-order valence-electron chi connectivity index (χ2n) is 7.96. The summed E-state index contributed by atoms with van der Waals surface area (Å²) >= 11 is 0. The number of β-amino-alcohol motifs (C(OH)–C–C–N with tert-alkyl or cyclic N) is 1. The van der Waals surface area contributed by atoms with E-state index in [2.05, 4.69) is 71.8 Å². The van der Waals surface area contributed by atoms with E-state index in [9.17, 15) is 0 Å². The fraction of sp³-hybridized carbons (Fsp3) is 0.360. The Kier molecular flexibility index (Phi) is 5.94. The largest absolute Gasteiger partial charge is 0.392 e. The Labute approximate surface area is 167 Å². The van der Waals surface area contributed by atoms with Gasteiger partial charge in [0.1, 0.15) is 0 Å². The molecule has 0 bridgehead atoms. The fourth-order valence-electron chi connectivity index (χ4n) is 4.10. The minimum atomic E-state index is -0.0648. The number of aryl methyl sites for hydroxylation is 1. The first-order valence-electron chi connectivity index (χ1n) is 10.5. The Morgan fingerprint density at radius 2 is 1.82 bits per heavy atom. The van der Waals surface area contributed by atoms with Crippen LogP contribution in [0, 0.1) is 6.92 Å². The third-order valence-electron chi connectivity index (χ3n) is 5.65. The maximum absolute atomic E-state index is 8.67. The van der Waals surface area contributed by atoms with E-state index in [-0.39, 0.29) is 6.10 Å². The zero-order valence-corrected chi connectivity index (χ0v) is 16.7. The third kappa shape index (κ3) is 4.54. The molecule has 2 aliphatic rings. The van der Waals surface area contributed by atoms with Gasteiger partial charge in [-0.1, -0.05) is 30.3 Å². The highest BCUT2D eigenvalue weighted by Crippen LogP contribution is 2.31. The molecule has 3 N–H and O–H groups in total. The van der Waals surface area contributed by atoms with Crippen molar-refractivity contribution in [2.45, 2.75) is 45.1 Å². The predicted octanol–water partition coefficient (Wildman–Crippen LogP) is 5.44. The van der Waals surface area contributed by atoms with Crippen molar-refractivity contribution in [2.24, 2.45) is 0 Å². The van der Waals surface area contributed by atoms with Crippen molar-refractivity contribution in [3.05, 3.63) is 65.9 Å². The number of aliphatic hydroxyl groups excluding tert-OH is 1. The highest BCUT2D eigenvalue weighted by Gasteiger charge is 2.09. The van der Waals surface area contributed by atoms with Gasteiger partial charge >= 0.3 is 0 Å². The van der Waals surface area contributed by atoms with Gasteiger partial charge < -0.3 is 15.4 Å². The summed E-state index contributed by atoms with van der Waals surface area (Å²) in [6.07, 6.45) is 8.40. The zero-order valence-electron chi connectivity index (χ0n) is 16.7. The first-order valence-corrected chi connectivity index (χ1v) is 10.5. The highest BCUT2D eigenvalue weighted by atomic mass is 16.3. The fourth-order valence-corrected chi connectivity index (χ4v) is 4.10. The lowest BCUT2D eigenvalue weighted by molar-refractivity contribution is 0.196. The SMILES string of the molecule is Cc1cc2cc(-c3cccc(C4=CCCCC4)c3)ccc2[nH]1.OC1CCNC1. The first kappa shape index (κ1) is 19.0. The molecule has 1 atom stereocenters. The number of rotatable bonds is 2. The molecule has 5 rings (SSSR count). The molecule has 1 unspecified atom stereocenters. The Hall–Kier alpha value is -2.36. The molecule has 2 heterocycles. The third-order valence-corrected chi connectivity index (χ3v) is 5.65. The van der Waals surface area contributed by atoms with Gasteiger partial charge in [-0.05, 0) is 92.1 Å². The maximum Gasteiger partial charge on any atom is 0.0676 e. The number of hydrogen-bond donors (Lipinski definition) is 3. The molecule has 0 spiro atoms. The van der Waals surface area contributed by atoms with Gasteiger partial charge in [-0.15, -0.1) is 0 Å². The molecule has 0 amide bonds. The summed E-state index contributed by atoms with van der Waals surface area (Å²) in [6, 6.07) is 17.9. The molecule has 1 aliphatic carbocycles. The van der Waals surface area contributed by atoms with E-state index in [4.69, 9.17) is 5.11 Å². The van der Waals surface area contributed by atoms with Gasteiger partial charge in [0, 0.05) is 23.1 Å². The Morgan fingerprint density at radius 3 is 2.54 bits per heavy atom. The number of aromatic nitrogens is 1. The van der Waals surface area contributed by atoms with E-state index in [0.29, 0.717) is 0 Å². The lowest BCUT2D eigenvalue weighted by atomic mass is 9.91. The minimum Gasteiger partial charge on any atom is -0.392 e. The quantitative estimate of drug-likeness (QED) is 0.559. The van der Waals surface area contributed by atoms with Crippen LogP contribution in [0.5, 0.6) is 0 Å². The summed E-state index contributed by atoms with van der Waals surface area (Å²) in [7, 11) is 0. The van der Waals surface area contributed by atoms with Crippen molar-refractivity contribution in [3.63, 3.8) is 0 Å². The van der Waals surface area contributed by atoms with Gasteiger partial charge in [-0.2, -0.15) is 0 Å². The normalized spacial score (nSPS) is 19.2. The number of allylic oxidation sites excluding steroid dienone is 2. The van der Waals surface area contributed by atoms with Gasteiger partial charge in [-0.3, -0.25) is 0 Å². The summed E-state index contributed by atoms with van der Waals surface area (Å²) in [5.74, 6) is 0. The lowest BCUT2D eigenvalue weighted by Crippen LogP contribution is -2.11. The van der Waals surface area contributed by atoms with E-state index in [1.165, 1.54) is 64.5 Å². The molecule has 146 valence electrons. The van der Waals surface area contributed by atoms with Crippen LogP contribution in [0.2, 0.25) is 0 Å². The molecular formula is C25H30N2O. The van der Waals surface area contributed by atoms with E-state index < -0.39 is 0 Å². The second-order valence-corrected chi connectivity index (χ2v) is 7.96. The van der Waals surface area contributed by atoms with Crippen LogP contribution in [-0.4, -0.2) is 29.3 Å². The van der Waals surface area contributed by atoms with Gasteiger partial charge in [0.05, 0.1) is 6.10 Å². The molecule has 3 nitrogen and oxygen atoms in total. The number of aromatic amines is 1. The van der Waals surface area contributed by atoms with Crippen molar-refractivity contribution in [1.29, 1.82) is 0 Å². The van der Waals surface area contributed by atoms with Gasteiger partial charge in [0.25, 0.3) is 0 Å². The van der Waals surface area contributed by atoms with Crippen molar-refractivity contribution >= 4 is 16.5 Å². The topological polar surface area (TPSA) is 48.0 Å². The van der Waals surface area contributed by atoms with Crippen LogP contribution in [0.3, 0.4) is 0 Å². The summed E-state index contributed by atoms with van der Waals surface area (Å²) in [5.41, 5.74) is 7.95. The van der Waals surface area contributed by atoms with Crippen molar-refractivity contribution in [3.8, 4) is 11.1 Å². The molecule has 3 aromatic rings. The molecule has 1 fully saturated rings. The van der Waals surface area contributed by atoms with Crippen LogP contribution in [0.25, 0.3) is 27.6 Å². The summed E-state index contributed by atoms with van der Waals surface area (Å²) in [4.78, 5) is 3.39. The van der Waals surface area contributed by atoms with E-state index in [1.807, 2.05) is 0 Å². The molecular weight excluding hydrogens is 344 g/mol. The Morgan fingerprint density at radius 1 is 0.964 bits per heavy atom. The van der Waals surface area contributed by atoms with Gasteiger partial charge in [0.2, 0.25) is 0 Å². The van der Waals surface area contributed by atoms with Crippen LogP contribution < -0.4 is 5.32 Å². The van der Waals surface area contributed by atoms with Gasteiger partial charge in [-0.25, -0.2) is 0 Å². The maximum atomic E-state index is 8.67. The summed E-state index contributed by atoms with van der Waals surface area (Å²) < 4.78 is 0. The number of aliphatic hydroxyl groups is 1. The van der Waals surface area contributed by atoms with E-state index in [0.717, 1.165) is 19.5 Å². The van der Waals surface area contributed by atoms with Crippen molar-refractivity contribution < 1.29 is 5.11 Å². The smallest absolute Gasteiger partial charge is 0.0676 e. The molecule has 28 heavy (non-hydrogen) atoms. The summed E-state index contributed by atoms with van der Waals surface area (Å²) in [5, 5.41) is 13.0. The highest BCUT2D eigenvalue weighted by molar-refractivity contribution is 5.86. The Balaban J connectivity index is 0.000000275. The monoisotopic (exact) mass is 374 g/mol. The average molecular weight is 375 g/mol. The first-order chi connectivity index (χ1) is 13.7. The molecule has 1 saturated heterocycles. The van der Waals surface area contributed by atoms with Crippen LogP contribution >= 0.6 is 0 Å². The lowest BCUT2D eigenvalue weighted by Gasteiger charge is -2.14. The number of H-pyrrole nitrogens is 1. The van der Waals surface area contributed by atoms with Crippen molar-refractivity contribution in [1.82, 2.24) is 10.3 Å². The average Bonchev–Trinajstić information content (AvgIpc) is 3.36. The number of fused-ring (bicyclic) bond motifs is 1. The van der Waals surface area contributed by atoms with Crippen LogP contribution in [0.15, 0.2) is 54.6 Å². The number of nitrogens with one attached hydrogen (secondary N) is 2. The minimum absolute atomic E-state index is 0.0648. The Bertz CT molecular complexity index is 964. The molecule has 2 aromatic carbocycles. The molecule has 0 radical (unpaired) electrons. The standard InChI is InChI=1S/C21H21N.C4H9NO/c1-15-12-20-14-19(10-11-21(20)22-15)18-9-5-8-17(13-18)16-6-3-2-4-7-16;6-4-1-2-5-3-4/h5-6,8-14,22H,2-4,7H2,1H3;4-6H,1-3H2. The van der Waals surface area contributed by atoms with E-state index in [1.54, 1.807) is 0 Å². The van der Waals surface area contributed by atoms with Crippen molar-refractivity contribution in [2.75, 3.05) is 13.1 Å². The second kappa shape index (κ2) is 8.76. The van der Waals surface area contributed by atoms with Crippen LogP contribution in [0.1, 0.15) is 43.4 Å². The van der Waals surface area contributed by atoms with Crippen LogP contribution in [0.4, 0.5) is 0 Å². The van der Waals surface area contributed by atoms with Gasteiger partial charge in [0.15, 0.2) is 0 Å². The zero-order chi connectivity index (χ0) is 19.3. The molecule has 0 saturated carbocycles. The summed E-state index contributed by atoms with van der Waals surface area (Å²) in [6.45, 7) is 3.89. The molecule has 1 aliphatic heterocycles. The molecule has 3 heteroatoms. The van der Waals surface area contributed by atoms with E-state index >= 15 is 0 Å². The molecule has 1 aromatic heterocycles.